The summed E-state index contributed by atoms with van der Waals surface area (Å²) in [4.78, 5) is 13.8. The predicted octanol–water partition coefficient (Wildman–Crippen LogP) is 2.34. The number of ether oxygens (including phenoxy) is 2. The predicted molar refractivity (Wildman–Crippen MR) is 92.7 cm³/mol. The largest absolute Gasteiger partial charge is 0.444 e. The Morgan fingerprint density at radius 1 is 1.28 bits per heavy atom. The number of nitrogens with zero attached hydrogens (tertiary/aromatic N) is 1. The number of hydrogen-bond donors (Lipinski definition) is 0. The number of carbonyl (C=O) groups is 1. The minimum Gasteiger partial charge on any atom is -0.444 e. The first-order chi connectivity index (χ1) is 11.6. The Kier molecular flexibility index (Phi) is 6.08. The molecule has 0 bridgehead atoms. The Balaban J connectivity index is 2.18. The fourth-order valence-corrected chi connectivity index (χ4v) is 3.13. The molecule has 1 amide bonds. The van der Waals surface area contributed by atoms with Crippen molar-refractivity contribution in [2.24, 2.45) is 0 Å². The molecule has 1 saturated heterocycles. The maximum absolute atomic E-state index is 12.3. The summed E-state index contributed by atoms with van der Waals surface area (Å²) in [7, 11) is -3.70. The van der Waals surface area contributed by atoms with Crippen LogP contribution in [-0.4, -0.2) is 57.1 Å². The fourth-order valence-electron chi connectivity index (χ4n) is 2.51. The lowest BCUT2D eigenvalue weighted by Gasteiger charge is -2.37. The van der Waals surface area contributed by atoms with Crippen LogP contribution >= 0.6 is 0 Å². The maximum Gasteiger partial charge on any atom is 0.410 e. The van der Waals surface area contributed by atoms with Gasteiger partial charge in [-0.05, 0) is 26.3 Å². The standard InChI is InChI=1S/C17H25NO6S/c1-17(2,3)23-16(19)18-10-11-22-14(12-18)15(24-25(4,20)21)13-8-6-5-7-9-13/h5-9,14-15H,10-12H2,1-4H3/t14-,15+/m1/s1. The summed E-state index contributed by atoms with van der Waals surface area (Å²) >= 11 is 0. The highest BCUT2D eigenvalue weighted by molar-refractivity contribution is 7.86. The van der Waals surface area contributed by atoms with Crippen LogP contribution in [-0.2, 0) is 23.8 Å². The summed E-state index contributed by atoms with van der Waals surface area (Å²) in [6.07, 6.45) is -0.899. The van der Waals surface area contributed by atoms with Crippen molar-refractivity contribution in [1.82, 2.24) is 4.90 Å². The minimum absolute atomic E-state index is 0.185. The van der Waals surface area contributed by atoms with Crippen LogP contribution < -0.4 is 0 Å². The van der Waals surface area contributed by atoms with Gasteiger partial charge in [0.2, 0.25) is 0 Å². The van der Waals surface area contributed by atoms with E-state index in [1.165, 1.54) is 4.90 Å². The van der Waals surface area contributed by atoms with Crippen LogP contribution in [0.3, 0.4) is 0 Å². The molecular formula is C17H25NO6S. The fraction of sp³-hybridized carbons (Fsp3) is 0.588. The topological polar surface area (TPSA) is 82.1 Å². The summed E-state index contributed by atoms with van der Waals surface area (Å²) in [5.41, 5.74) is 0.0661. The smallest absolute Gasteiger partial charge is 0.410 e. The molecule has 1 heterocycles. The van der Waals surface area contributed by atoms with Gasteiger partial charge in [-0.1, -0.05) is 30.3 Å². The van der Waals surface area contributed by atoms with Crippen LogP contribution in [0.15, 0.2) is 30.3 Å². The molecule has 2 atom stereocenters. The Bertz CT molecular complexity index is 683. The van der Waals surface area contributed by atoms with E-state index < -0.39 is 34.0 Å². The van der Waals surface area contributed by atoms with Crippen molar-refractivity contribution in [2.45, 2.75) is 38.6 Å². The van der Waals surface area contributed by atoms with Gasteiger partial charge in [0.05, 0.1) is 19.4 Å². The van der Waals surface area contributed by atoms with Gasteiger partial charge < -0.3 is 14.4 Å². The molecule has 0 radical (unpaired) electrons. The van der Waals surface area contributed by atoms with E-state index in [1.54, 1.807) is 45.0 Å². The van der Waals surface area contributed by atoms with Gasteiger partial charge in [-0.3, -0.25) is 4.18 Å². The number of rotatable bonds is 4. The Morgan fingerprint density at radius 2 is 1.92 bits per heavy atom. The normalized spacial score (nSPS) is 20.2. The van der Waals surface area contributed by atoms with Gasteiger partial charge >= 0.3 is 6.09 Å². The van der Waals surface area contributed by atoms with Crippen molar-refractivity contribution < 1.29 is 26.9 Å². The van der Waals surface area contributed by atoms with Gasteiger partial charge in [-0.2, -0.15) is 8.42 Å². The first-order valence-electron chi connectivity index (χ1n) is 8.08. The molecule has 1 aromatic carbocycles. The summed E-state index contributed by atoms with van der Waals surface area (Å²) in [5.74, 6) is 0. The zero-order valence-electron chi connectivity index (χ0n) is 15.0. The van der Waals surface area contributed by atoms with E-state index in [1.807, 2.05) is 6.07 Å². The zero-order valence-corrected chi connectivity index (χ0v) is 15.8. The molecule has 0 aliphatic carbocycles. The third-order valence-electron chi connectivity index (χ3n) is 3.49. The van der Waals surface area contributed by atoms with Crippen LogP contribution in [0.5, 0.6) is 0 Å². The summed E-state index contributed by atoms with van der Waals surface area (Å²) < 4.78 is 39.7. The second-order valence-corrected chi connectivity index (χ2v) is 8.57. The van der Waals surface area contributed by atoms with E-state index in [4.69, 9.17) is 13.7 Å². The van der Waals surface area contributed by atoms with Gasteiger partial charge in [0, 0.05) is 6.54 Å². The second-order valence-electron chi connectivity index (χ2n) is 6.97. The molecule has 2 rings (SSSR count). The third-order valence-corrected chi connectivity index (χ3v) is 4.05. The number of carbonyl (C=O) groups excluding carboxylic acids is 1. The Hall–Kier alpha value is -1.64. The van der Waals surface area contributed by atoms with Gasteiger partial charge in [-0.25, -0.2) is 4.79 Å². The Labute approximate surface area is 149 Å². The lowest BCUT2D eigenvalue weighted by Crippen LogP contribution is -2.49. The van der Waals surface area contributed by atoms with E-state index >= 15 is 0 Å². The van der Waals surface area contributed by atoms with E-state index in [2.05, 4.69) is 0 Å². The number of hydrogen-bond acceptors (Lipinski definition) is 6. The van der Waals surface area contributed by atoms with Crippen LogP contribution in [0.4, 0.5) is 4.79 Å². The van der Waals surface area contributed by atoms with E-state index in [0.29, 0.717) is 12.1 Å². The molecule has 0 aromatic heterocycles. The molecule has 140 valence electrons. The zero-order chi connectivity index (χ0) is 18.7. The maximum atomic E-state index is 12.3. The molecule has 1 fully saturated rings. The third kappa shape index (κ3) is 6.30. The number of morpholine rings is 1. The van der Waals surface area contributed by atoms with E-state index in [-0.39, 0.29) is 13.2 Å². The number of benzene rings is 1. The lowest BCUT2D eigenvalue weighted by atomic mass is 10.0. The first-order valence-corrected chi connectivity index (χ1v) is 9.89. The molecule has 1 aliphatic heterocycles. The molecule has 8 heteroatoms. The van der Waals surface area contributed by atoms with Gasteiger partial charge in [-0.15, -0.1) is 0 Å². The van der Waals surface area contributed by atoms with E-state index in [9.17, 15) is 13.2 Å². The first kappa shape index (κ1) is 19.7. The molecule has 0 spiro atoms. The van der Waals surface area contributed by atoms with Crippen molar-refractivity contribution in [2.75, 3.05) is 26.0 Å². The van der Waals surface area contributed by atoms with Crippen LogP contribution in [0.1, 0.15) is 32.4 Å². The lowest BCUT2D eigenvalue weighted by molar-refractivity contribution is -0.0821. The molecule has 1 aromatic rings. The van der Waals surface area contributed by atoms with E-state index in [0.717, 1.165) is 6.26 Å². The summed E-state index contributed by atoms with van der Waals surface area (Å²) in [5, 5.41) is 0. The highest BCUT2D eigenvalue weighted by atomic mass is 32.2. The van der Waals surface area contributed by atoms with Crippen LogP contribution in [0, 0.1) is 0 Å². The molecular weight excluding hydrogens is 346 g/mol. The monoisotopic (exact) mass is 371 g/mol. The quantitative estimate of drug-likeness (QED) is 0.756. The van der Waals surface area contributed by atoms with Crippen molar-refractivity contribution in [3.05, 3.63) is 35.9 Å². The minimum atomic E-state index is -3.70. The van der Waals surface area contributed by atoms with Gasteiger partial charge in [0.25, 0.3) is 10.1 Å². The average Bonchev–Trinajstić information content (AvgIpc) is 2.51. The van der Waals surface area contributed by atoms with Crippen LogP contribution in [0.25, 0.3) is 0 Å². The van der Waals surface area contributed by atoms with Crippen molar-refractivity contribution in [3.63, 3.8) is 0 Å². The Morgan fingerprint density at radius 3 is 2.48 bits per heavy atom. The average molecular weight is 371 g/mol. The number of amides is 1. The molecule has 7 nitrogen and oxygen atoms in total. The molecule has 25 heavy (non-hydrogen) atoms. The van der Waals surface area contributed by atoms with Crippen molar-refractivity contribution in [3.8, 4) is 0 Å². The summed E-state index contributed by atoms with van der Waals surface area (Å²) in [6.45, 7) is 6.23. The SMILES string of the molecule is CC(C)(C)OC(=O)N1CCO[C@@H]([C@@H](OS(C)(=O)=O)c2ccccc2)C1. The van der Waals surface area contributed by atoms with Gasteiger partial charge in [0.15, 0.2) is 0 Å². The molecule has 0 N–H and O–H groups in total. The van der Waals surface area contributed by atoms with Crippen molar-refractivity contribution >= 4 is 16.2 Å². The van der Waals surface area contributed by atoms with Crippen LogP contribution in [0.2, 0.25) is 0 Å². The molecule has 0 unspecified atom stereocenters. The summed E-state index contributed by atoms with van der Waals surface area (Å²) in [6, 6.07) is 8.96. The second kappa shape index (κ2) is 7.72. The molecule has 1 aliphatic rings. The van der Waals surface area contributed by atoms with Crippen molar-refractivity contribution in [1.29, 1.82) is 0 Å². The molecule has 0 saturated carbocycles. The highest BCUT2D eigenvalue weighted by Crippen LogP contribution is 2.28. The highest BCUT2D eigenvalue weighted by Gasteiger charge is 2.35. The van der Waals surface area contributed by atoms with Gasteiger partial charge in [0.1, 0.15) is 17.8 Å².